The van der Waals surface area contributed by atoms with Crippen molar-refractivity contribution in [2.75, 3.05) is 4.90 Å². The van der Waals surface area contributed by atoms with Crippen LogP contribution in [0.2, 0.25) is 0 Å². The van der Waals surface area contributed by atoms with Gasteiger partial charge in [0.25, 0.3) is 5.91 Å². The molecule has 0 saturated carbocycles. The van der Waals surface area contributed by atoms with Gasteiger partial charge in [-0.15, -0.1) is 0 Å². The molecule has 0 fully saturated rings. The standard InChI is InChI=1S/C33H32N2O2/c1-25-10-9-13-29(22-25)24-35(33(37)21-18-27-11-5-3-6-12-27)31-19-16-28(17-20-31)23-32(36)34-26(2)30-14-7-4-8-15-30/h3-22,26H,23-24H2,1-2H3,(H,34,36)/b21-18+/t26-/m1/s1. The van der Waals surface area contributed by atoms with E-state index in [2.05, 4.69) is 11.4 Å². The Kier molecular flexibility index (Phi) is 8.66. The molecule has 1 atom stereocenters. The van der Waals surface area contributed by atoms with Crippen LogP contribution in [0.5, 0.6) is 0 Å². The number of hydrogen-bond donors (Lipinski definition) is 1. The average molecular weight is 489 g/mol. The van der Waals surface area contributed by atoms with Crippen molar-refractivity contribution >= 4 is 23.6 Å². The molecule has 0 heterocycles. The molecule has 186 valence electrons. The molecule has 0 aromatic heterocycles. The lowest BCUT2D eigenvalue weighted by molar-refractivity contribution is -0.121. The summed E-state index contributed by atoms with van der Waals surface area (Å²) in [6, 6.07) is 35.4. The number of anilines is 1. The molecule has 0 aliphatic rings. The minimum atomic E-state index is -0.104. The Labute approximate surface area is 219 Å². The van der Waals surface area contributed by atoms with E-state index in [-0.39, 0.29) is 24.3 Å². The van der Waals surface area contributed by atoms with E-state index in [9.17, 15) is 9.59 Å². The van der Waals surface area contributed by atoms with Gasteiger partial charge in [-0.3, -0.25) is 9.59 Å². The third kappa shape index (κ3) is 7.52. The van der Waals surface area contributed by atoms with Gasteiger partial charge < -0.3 is 10.2 Å². The summed E-state index contributed by atoms with van der Waals surface area (Å²) in [5.41, 5.74) is 5.92. The van der Waals surface area contributed by atoms with Crippen LogP contribution in [0.4, 0.5) is 5.69 Å². The van der Waals surface area contributed by atoms with Gasteiger partial charge in [-0.2, -0.15) is 0 Å². The number of nitrogens with zero attached hydrogens (tertiary/aromatic N) is 1. The van der Waals surface area contributed by atoms with Crippen LogP contribution < -0.4 is 10.2 Å². The molecule has 4 aromatic rings. The molecule has 4 aromatic carbocycles. The monoisotopic (exact) mass is 488 g/mol. The Morgan fingerprint density at radius 2 is 1.49 bits per heavy atom. The molecular formula is C33H32N2O2. The van der Waals surface area contributed by atoms with Crippen LogP contribution in [0.1, 0.15) is 40.8 Å². The number of hydrogen-bond acceptors (Lipinski definition) is 2. The highest BCUT2D eigenvalue weighted by atomic mass is 16.2. The number of carbonyl (C=O) groups is 2. The first kappa shape index (κ1) is 25.6. The number of rotatable bonds is 9. The molecule has 0 radical (unpaired) electrons. The largest absolute Gasteiger partial charge is 0.349 e. The van der Waals surface area contributed by atoms with Crippen LogP contribution in [0.25, 0.3) is 6.08 Å². The Morgan fingerprint density at radius 3 is 2.16 bits per heavy atom. The zero-order chi connectivity index (χ0) is 26.0. The minimum absolute atomic E-state index is 0.0393. The molecule has 37 heavy (non-hydrogen) atoms. The predicted octanol–water partition coefficient (Wildman–Crippen LogP) is 6.66. The summed E-state index contributed by atoms with van der Waals surface area (Å²) in [5.74, 6) is -0.143. The van der Waals surface area contributed by atoms with E-state index in [0.29, 0.717) is 6.54 Å². The normalized spacial score (nSPS) is 11.7. The quantitative estimate of drug-likeness (QED) is 0.268. The highest BCUT2D eigenvalue weighted by Crippen LogP contribution is 2.21. The summed E-state index contributed by atoms with van der Waals surface area (Å²) in [6.07, 6.45) is 3.72. The summed E-state index contributed by atoms with van der Waals surface area (Å²) in [7, 11) is 0. The van der Waals surface area contributed by atoms with Gasteiger partial charge >= 0.3 is 0 Å². The summed E-state index contributed by atoms with van der Waals surface area (Å²) >= 11 is 0. The van der Waals surface area contributed by atoms with E-state index in [1.54, 1.807) is 11.0 Å². The topological polar surface area (TPSA) is 49.4 Å². The van der Waals surface area contributed by atoms with Crippen LogP contribution in [0.15, 0.2) is 115 Å². The summed E-state index contributed by atoms with van der Waals surface area (Å²) in [5, 5.41) is 3.06. The number of nitrogens with one attached hydrogen (secondary N) is 1. The Balaban J connectivity index is 1.48. The smallest absolute Gasteiger partial charge is 0.251 e. The number of amides is 2. The highest BCUT2D eigenvalue weighted by molar-refractivity contribution is 6.03. The highest BCUT2D eigenvalue weighted by Gasteiger charge is 2.15. The SMILES string of the molecule is Cc1cccc(CN(C(=O)/C=C/c2ccccc2)c2ccc(CC(=O)N[C@H](C)c3ccccc3)cc2)c1. The molecule has 0 aliphatic heterocycles. The van der Waals surface area contributed by atoms with Crippen LogP contribution in [-0.2, 0) is 22.6 Å². The summed E-state index contributed by atoms with van der Waals surface area (Å²) < 4.78 is 0. The van der Waals surface area contributed by atoms with Gasteiger partial charge in [0.1, 0.15) is 0 Å². The lowest BCUT2D eigenvalue weighted by Gasteiger charge is -2.22. The van der Waals surface area contributed by atoms with Gasteiger partial charge in [-0.05, 0) is 54.3 Å². The fourth-order valence-electron chi connectivity index (χ4n) is 4.21. The summed E-state index contributed by atoms with van der Waals surface area (Å²) in [4.78, 5) is 27.7. The lowest BCUT2D eigenvalue weighted by Crippen LogP contribution is -2.29. The molecule has 0 saturated heterocycles. The van der Waals surface area contributed by atoms with E-state index < -0.39 is 0 Å². The molecule has 0 bridgehead atoms. The van der Waals surface area contributed by atoms with Crippen LogP contribution in [0.3, 0.4) is 0 Å². The van der Waals surface area contributed by atoms with Gasteiger partial charge in [0.05, 0.1) is 19.0 Å². The molecule has 4 heteroatoms. The maximum absolute atomic E-state index is 13.3. The van der Waals surface area contributed by atoms with Crippen LogP contribution in [0, 0.1) is 6.92 Å². The van der Waals surface area contributed by atoms with Gasteiger partial charge in [-0.1, -0.05) is 103 Å². The second kappa shape index (κ2) is 12.5. The fraction of sp³-hybridized carbons (Fsp3) is 0.152. The molecule has 4 nitrogen and oxygen atoms in total. The van der Waals surface area contributed by atoms with Crippen molar-refractivity contribution in [1.29, 1.82) is 0 Å². The van der Waals surface area contributed by atoms with Gasteiger partial charge in [0.15, 0.2) is 0 Å². The second-order valence-electron chi connectivity index (χ2n) is 9.20. The van der Waals surface area contributed by atoms with E-state index in [1.165, 1.54) is 0 Å². The third-order valence-electron chi connectivity index (χ3n) is 6.20. The minimum Gasteiger partial charge on any atom is -0.349 e. The number of aryl methyl sites for hydroxylation is 1. The van der Waals surface area contributed by atoms with Crippen molar-refractivity contribution in [3.05, 3.63) is 143 Å². The molecule has 4 rings (SSSR count). The van der Waals surface area contributed by atoms with E-state index in [0.717, 1.165) is 33.5 Å². The maximum atomic E-state index is 13.3. The van der Waals surface area contributed by atoms with Crippen molar-refractivity contribution in [2.45, 2.75) is 32.9 Å². The lowest BCUT2D eigenvalue weighted by atomic mass is 10.1. The fourth-order valence-corrected chi connectivity index (χ4v) is 4.21. The van der Waals surface area contributed by atoms with E-state index in [4.69, 9.17) is 0 Å². The van der Waals surface area contributed by atoms with Crippen molar-refractivity contribution in [3.8, 4) is 0 Å². The average Bonchev–Trinajstić information content (AvgIpc) is 2.92. The molecule has 0 spiro atoms. The zero-order valence-electron chi connectivity index (χ0n) is 21.3. The molecule has 2 amide bonds. The van der Waals surface area contributed by atoms with E-state index >= 15 is 0 Å². The van der Waals surface area contributed by atoms with Crippen molar-refractivity contribution in [2.24, 2.45) is 0 Å². The predicted molar refractivity (Wildman–Crippen MR) is 151 cm³/mol. The van der Waals surface area contributed by atoms with Crippen molar-refractivity contribution in [3.63, 3.8) is 0 Å². The first-order chi connectivity index (χ1) is 18.0. The third-order valence-corrected chi connectivity index (χ3v) is 6.20. The first-order valence-corrected chi connectivity index (χ1v) is 12.5. The van der Waals surface area contributed by atoms with Gasteiger partial charge in [-0.25, -0.2) is 0 Å². The maximum Gasteiger partial charge on any atom is 0.251 e. The first-order valence-electron chi connectivity index (χ1n) is 12.5. The molecule has 1 N–H and O–H groups in total. The summed E-state index contributed by atoms with van der Waals surface area (Å²) in [6.45, 7) is 4.48. The van der Waals surface area contributed by atoms with E-state index in [1.807, 2.05) is 123 Å². The Bertz CT molecular complexity index is 1350. The van der Waals surface area contributed by atoms with Crippen LogP contribution >= 0.6 is 0 Å². The molecular weight excluding hydrogens is 456 g/mol. The number of benzene rings is 4. The van der Waals surface area contributed by atoms with Gasteiger partial charge in [0.2, 0.25) is 5.91 Å². The van der Waals surface area contributed by atoms with Crippen LogP contribution in [-0.4, -0.2) is 11.8 Å². The molecule has 0 aliphatic carbocycles. The Hall–Kier alpha value is -4.44. The number of carbonyl (C=O) groups excluding carboxylic acids is 2. The van der Waals surface area contributed by atoms with Crippen molar-refractivity contribution < 1.29 is 9.59 Å². The second-order valence-corrected chi connectivity index (χ2v) is 9.20. The van der Waals surface area contributed by atoms with Crippen molar-refractivity contribution in [1.82, 2.24) is 5.32 Å². The zero-order valence-corrected chi connectivity index (χ0v) is 21.3. The van der Waals surface area contributed by atoms with Gasteiger partial charge in [0, 0.05) is 11.8 Å². The molecule has 0 unspecified atom stereocenters. The Morgan fingerprint density at radius 1 is 0.811 bits per heavy atom.